The Morgan fingerprint density at radius 1 is 1.12 bits per heavy atom. The predicted molar refractivity (Wildman–Crippen MR) is 111 cm³/mol. The molecule has 1 aliphatic heterocycles. The number of ether oxygens (including phenoxy) is 1. The van der Waals surface area contributed by atoms with Gasteiger partial charge in [0.05, 0.1) is 6.33 Å². The minimum Gasteiger partial charge on any atom is -0.387 e. The van der Waals surface area contributed by atoms with E-state index in [0.29, 0.717) is 28.9 Å². The third-order valence-electron chi connectivity index (χ3n) is 7.94. The number of aliphatic hydroxyl groups excluding tert-OH is 3. The maximum absolute atomic E-state index is 13.0. The molecule has 1 amide bonds. The van der Waals surface area contributed by atoms with Gasteiger partial charge in [0.25, 0.3) is 5.91 Å². The summed E-state index contributed by atoms with van der Waals surface area (Å²) < 4.78 is 7.21. The van der Waals surface area contributed by atoms with E-state index < -0.39 is 36.6 Å². The molecule has 0 aromatic carbocycles. The summed E-state index contributed by atoms with van der Waals surface area (Å²) >= 11 is 0. The molecule has 172 valence electrons. The number of imidazole rings is 1. The molecular weight excluding hydrogens is 416 g/mol. The quantitative estimate of drug-likeness (QED) is 0.416. The zero-order valence-corrected chi connectivity index (χ0v) is 17.5. The molecule has 2 aromatic heterocycles. The fraction of sp³-hybridized carbons (Fsp3) is 0.714. The van der Waals surface area contributed by atoms with Crippen LogP contribution in [0.3, 0.4) is 0 Å². The first kappa shape index (κ1) is 20.3. The molecule has 11 heteroatoms. The molecule has 3 heterocycles. The Bertz CT molecular complexity index is 1020. The SMILES string of the molecule is Nc1ncnc2c1ncn2[C@@H]1O[C@H](C(O)C(=O)NC23CC4CC(CC(C4)C2)C3)[C@@H](O)[C@H]1O. The van der Waals surface area contributed by atoms with Gasteiger partial charge in [-0.3, -0.25) is 9.36 Å². The number of nitrogens with one attached hydrogen (secondary N) is 1. The lowest BCUT2D eigenvalue weighted by Crippen LogP contribution is -2.62. The van der Waals surface area contributed by atoms with Gasteiger partial charge in [-0.2, -0.15) is 0 Å². The Morgan fingerprint density at radius 2 is 1.78 bits per heavy atom. The minimum absolute atomic E-state index is 0.174. The Morgan fingerprint density at radius 3 is 2.44 bits per heavy atom. The smallest absolute Gasteiger partial charge is 0.252 e. The maximum atomic E-state index is 13.0. The summed E-state index contributed by atoms with van der Waals surface area (Å²) in [7, 11) is 0. The molecule has 4 bridgehead atoms. The lowest BCUT2D eigenvalue weighted by atomic mass is 9.53. The summed E-state index contributed by atoms with van der Waals surface area (Å²) in [6, 6.07) is 0. The van der Waals surface area contributed by atoms with Gasteiger partial charge in [0.2, 0.25) is 0 Å². The monoisotopic (exact) mass is 444 g/mol. The van der Waals surface area contributed by atoms with Crippen molar-refractivity contribution in [2.24, 2.45) is 17.8 Å². The third kappa shape index (κ3) is 3.02. The summed E-state index contributed by atoms with van der Waals surface area (Å²) in [6.45, 7) is 0. The molecule has 32 heavy (non-hydrogen) atoms. The number of anilines is 1. The van der Waals surface area contributed by atoms with Crippen molar-refractivity contribution in [2.45, 2.75) is 74.7 Å². The van der Waals surface area contributed by atoms with Crippen molar-refractivity contribution in [3.8, 4) is 0 Å². The highest BCUT2D eigenvalue weighted by molar-refractivity contribution is 5.82. The molecule has 0 spiro atoms. The Hall–Kier alpha value is -2.34. The fourth-order valence-electron chi connectivity index (χ4n) is 6.98. The normalized spacial score (nSPS) is 41.3. The number of nitrogens with two attached hydrogens (primary N) is 1. The van der Waals surface area contributed by atoms with Crippen LogP contribution in [0, 0.1) is 17.8 Å². The number of nitrogen functional groups attached to an aromatic ring is 1. The van der Waals surface area contributed by atoms with Crippen LogP contribution in [-0.4, -0.2) is 70.7 Å². The van der Waals surface area contributed by atoms with E-state index in [4.69, 9.17) is 10.5 Å². The van der Waals surface area contributed by atoms with Crippen LogP contribution >= 0.6 is 0 Å². The Kier molecular flexibility index (Phi) is 4.49. The highest BCUT2D eigenvalue weighted by Gasteiger charge is 2.54. The van der Waals surface area contributed by atoms with E-state index in [2.05, 4.69) is 20.3 Å². The van der Waals surface area contributed by atoms with Gasteiger partial charge in [-0.25, -0.2) is 15.0 Å². The average molecular weight is 444 g/mol. The summed E-state index contributed by atoms with van der Waals surface area (Å²) in [5, 5.41) is 35.1. The Balaban J connectivity index is 1.20. The summed E-state index contributed by atoms with van der Waals surface area (Å²) in [4.78, 5) is 25.2. The number of aromatic nitrogens is 4. The largest absolute Gasteiger partial charge is 0.387 e. The van der Waals surface area contributed by atoms with Crippen molar-refractivity contribution in [1.82, 2.24) is 24.8 Å². The van der Waals surface area contributed by atoms with Crippen molar-refractivity contribution in [3.05, 3.63) is 12.7 Å². The van der Waals surface area contributed by atoms with Crippen LogP contribution in [0.25, 0.3) is 11.2 Å². The van der Waals surface area contributed by atoms with Gasteiger partial charge in [0.1, 0.15) is 30.2 Å². The number of amides is 1. The molecule has 5 atom stereocenters. The van der Waals surface area contributed by atoms with Gasteiger partial charge in [-0.15, -0.1) is 0 Å². The lowest BCUT2D eigenvalue weighted by molar-refractivity contribution is -0.148. The van der Waals surface area contributed by atoms with Gasteiger partial charge in [-0.1, -0.05) is 0 Å². The summed E-state index contributed by atoms with van der Waals surface area (Å²) in [5.41, 5.74) is 6.20. The second-order valence-corrected chi connectivity index (χ2v) is 10.2. The molecule has 5 aliphatic rings. The molecule has 1 saturated heterocycles. The molecule has 4 saturated carbocycles. The van der Waals surface area contributed by atoms with E-state index in [1.54, 1.807) is 0 Å². The van der Waals surface area contributed by atoms with E-state index in [-0.39, 0.29) is 11.4 Å². The highest BCUT2D eigenvalue weighted by Crippen LogP contribution is 2.55. The second kappa shape index (κ2) is 7.08. The third-order valence-corrected chi connectivity index (χ3v) is 7.94. The number of carbonyl (C=O) groups is 1. The number of rotatable bonds is 4. The van der Waals surface area contributed by atoms with Gasteiger partial charge < -0.3 is 31.1 Å². The fourth-order valence-corrected chi connectivity index (χ4v) is 6.98. The zero-order chi connectivity index (χ0) is 22.2. The van der Waals surface area contributed by atoms with Crippen LogP contribution in [0.5, 0.6) is 0 Å². The van der Waals surface area contributed by atoms with Gasteiger partial charge in [0.15, 0.2) is 23.8 Å². The number of hydrogen-bond acceptors (Lipinski definition) is 9. The number of fused-ring (bicyclic) bond motifs is 1. The van der Waals surface area contributed by atoms with E-state index in [9.17, 15) is 20.1 Å². The van der Waals surface area contributed by atoms with Crippen LogP contribution < -0.4 is 11.1 Å². The van der Waals surface area contributed by atoms with Gasteiger partial charge in [0, 0.05) is 5.54 Å². The topological polar surface area (TPSA) is 169 Å². The molecule has 2 aromatic rings. The minimum atomic E-state index is -1.62. The highest BCUT2D eigenvalue weighted by atomic mass is 16.6. The van der Waals surface area contributed by atoms with Crippen LogP contribution in [-0.2, 0) is 9.53 Å². The van der Waals surface area contributed by atoms with Gasteiger partial charge >= 0.3 is 0 Å². The molecule has 4 aliphatic carbocycles. The van der Waals surface area contributed by atoms with Crippen molar-refractivity contribution >= 4 is 22.9 Å². The molecule has 7 rings (SSSR count). The number of hydrogen-bond donors (Lipinski definition) is 5. The zero-order valence-electron chi connectivity index (χ0n) is 17.5. The summed E-state index contributed by atoms with van der Waals surface area (Å²) in [5.74, 6) is 1.53. The first-order valence-electron chi connectivity index (χ1n) is 11.3. The molecule has 1 unspecified atom stereocenters. The lowest BCUT2D eigenvalue weighted by Gasteiger charge is -2.57. The number of carbonyl (C=O) groups excluding carboxylic acids is 1. The van der Waals surface area contributed by atoms with Crippen molar-refractivity contribution in [2.75, 3.05) is 5.73 Å². The predicted octanol–water partition coefficient (Wildman–Crippen LogP) is -0.526. The standard InChI is InChI=1S/C21H28N6O5/c22-17-12-18(24-7-23-17)27(8-25-12)20-14(29)13(28)16(32-20)15(30)19(31)26-21-4-9-1-10(5-21)3-11(2-9)6-21/h7-11,13-16,20,28-30H,1-6H2,(H,26,31)(H2,22,23,24)/t9?,10?,11?,13-,14+,15?,16-,20+,21?/m0/s1. The molecule has 6 N–H and O–H groups in total. The van der Waals surface area contributed by atoms with Crippen LogP contribution in [0.1, 0.15) is 44.8 Å². The van der Waals surface area contributed by atoms with Gasteiger partial charge in [-0.05, 0) is 56.3 Å². The van der Waals surface area contributed by atoms with E-state index in [1.165, 1.54) is 36.5 Å². The molecule has 5 fully saturated rings. The maximum Gasteiger partial charge on any atom is 0.252 e. The molecule has 0 radical (unpaired) electrons. The second-order valence-electron chi connectivity index (χ2n) is 10.2. The van der Waals surface area contributed by atoms with Crippen LogP contribution in [0.4, 0.5) is 5.82 Å². The molecule has 11 nitrogen and oxygen atoms in total. The van der Waals surface area contributed by atoms with E-state index >= 15 is 0 Å². The van der Waals surface area contributed by atoms with Crippen molar-refractivity contribution < 1.29 is 24.9 Å². The number of aliphatic hydroxyl groups is 3. The number of nitrogens with zero attached hydrogens (tertiary/aromatic N) is 4. The average Bonchev–Trinajstić information content (AvgIpc) is 3.28. The van der Waals surface area contributed by atoms with Crippen LogP contribution in [0.2, 0.25) is 0 Å². The van der Waals surface area contributed by atoms with Crippen LogP contribution in [0.15, 0.2) is 12.7 Å². The first-order chi connectivity index (χ1) is 15.3. The first-order valence-corrected chi connectivity index (χ1v) is 11.3. The van der Waals surface area contributed by atoms with Crippen molar-refractivity contribution in [1.29, 1.82) is 0 Å². The van der Waals surface area contributed by atoms with E-state index in [0.717, 1.165) is 19.3 Å². The molecular formula is C21H28N6O5. The Labute approximate surface area is 184 Å². The van der Waals surface area contributed by atoms with E-state index in [1.807, 2.05) is 0 Å². The summed E-state index contributed by atoms with van der Waals surface area (Å²) in [6.07, 6.45) is 2.33. The van der Waals surface area contributed by atoms with Crippen molar-refractivity contribution in [3.63, 3.8) is 0 Å².